The third-order valence-electron chi connectivity index (χ3n) is 3.46. The number of aryl methyl sites for hydroxylation is 1. The average Bonchev–Trinajstić information content (AvgIpc) is 2.44. The van der Waals surface area contributed by atoms with Crippen LogP contribution in [0.2, 0.25) is 0 Å². The molecular weight excluding hydrogens is 254 g/mol. The monoisotopic (exact) mass is 277 g/mol. The standard InChI is InChI=1S/C15H23N3O2/c1-12-2-3-13(11-18-6-8-20-9-7-18)10-14(12)17-15(19)4-5-16/h2-3,10H,4-9,11,16H2,1H3,(H,17,19). The number of anilines is 1. The zero-order valence-electron chi connectivity index (χ0n) is 12.0. The van der Waals surface area contributed by atoms with Gasteiger partial charge in [-0.15, -0.1) is 0 Å². The van der Waals surface area contributed by atoms with Crippen molar-refractivity contribution in [1.82, 2.24) is 4.90 Å². The quantitative estimate of drug-likeness (QED) is 0.846. The van der Waals surface area contributed by atoms with E-state index in [-0.39, 0.29) is 5.91 Å². The lowest BCUT2D eigenvalue weighted by molar-refractivity contribution is -0.116. The Morgan fingerprint density at radius 3 is 2.85 bits per heavy atom. The molecule has 3 N–H and O–H groups in total. The van der Waals surface area contributed by atoms with Gasteiger partial charge >= 0.3 is 0 Å². The van der Waals surface area contributed by atoms with E-state index in [1.807, 2.05) is 13.0 Å². The number of carbonyl (C=O) groups excluding carboxylic acids is 1. The Kier molecular flexibility index (Phi) is 5.52. The average molecular weight is 277 g/mol. The first-order valence-electron chi connectivity index (χ1n) is 7.08. The SMILES string of the molecule is Cc1ccc(CN2CCOCC2)cc1NC(=O)CCN. The molecular formula is C15H23N3O2. The molecule has 20 heavy (non-hydrogen) atoms. The molecule has 1 fully saturated rings. The number of nitrogens with two attached hydrogens (primary N) is 1. The van der Waals surface area contributed by atoms with Crippen LogP contribution in [0.25, 0.3) is 0 Å². The summed E-state index contributed by atoms with van der Waals surface area (Å²) in [6.07, 6.45) is 0.354. The second-order valence-electron chi connectivity index (χ2n) is 5.12. The molecule has 0 radical (unpaired) electrons. The van der Waals surface area contributed by atoms with Crippen molar-refractivity contribution in [3.8, 4) is 0 Å². The maximum Gasteiger partial charge on any atom is 0.225 e. The highest BCUT2D eigenvalue weighted by Gasteiger charge is 2.12. The van der Waals surface area contributed by atoms with E-state index in [1.165, 1.54) is 5.56 Å². The largest absolute Gasteiger partial charge is 0.379 e. The smallest absolute Gasteiger partial charge is 0.225 e. The lowest BCUT2D eigenvalue weighted by atomic mass is 10.1. The summed E-state index contributed by atoms with van der Waals surface area (Å²) in [4.78, 5) is 14.0. The molecule has 1 aromatic rings. The van der Waals surface area contributed by atoms with Crippen molar-refractivity contribution in [3.05, 3.63) is 29.3 Å². The van der Waals surface area contributed by atoms with Crippen LogP contribution >= 0.6 is 0 Å². The zero-order chi connectivity index (χ0) is 14.4. The van der Waals surface area contributed by atoms with Crippen LogP contribution in [0.3, 0.4) is 0 Å². The molecule has 1 saturated heterocycles. The predicted octanol–water partition coefficient (Wildman–Crippen LogP) is 1.11. The molecule has 1 aliphatic rings. The van der Waals surface area contributed by atoms with Gasteiger partial charge in [0.05, 0.1) is 13.2 Å². The van der Waals surface area contributed by atoms with Crippen LogP contribution in [0.4, 0.5) is 5.69 Å². The molecule has 5 nitrogen and oxygen atoms in total. The number of carbonyl (C=O) groups is 1. The minimum absolute atomic E-state index is 0.0286. The van der Waals surface area contributed by atoms with Crippen LogP contribution in [-0.2, 0) is 16.1 Å². The van der Waals surface area contributed by atoms with Crippen LogP contribution in [-0.4, -0.2) is 43.7 Å². The number of ether oxygens (including phenoxy) is 1. The van der Waals surface area contributed by atoms with E-state index >= 15 is 0 Å². The molecule has 110 valence electrons. The second kappa shape index (κ2) is 7.38. The second-order valence-corrected chi connectivity index (χ2v) is 5.12. The van der Waals surface area contributed by atoms with Gasteiger partial charge in [-0.1, -0.05) is 12.1 Å². The first kappa shape index (κ1) is 15.0. The van der Waals surface area contributed by atoms with Gasteiger partial charge in [0.25, 0.3) is 0 Å². The Morgan fingerprint density at radius 2 is 2.15 bits per heavy atom. The van der Waals surface area contributed by atoms with E-state index < -0.39 is 0 Å². The van der Waals surface area contributed by atoms with Gasteiger partial charge < -0.3 is 15.8 Å². The molecule has 1 aliphatic heterocycles. The van der Waals surface area contributed by atoms with Crippen molar-refractivity contribution in [1.29, 1.82) is 0 Å². The first-order valence-corrected chi connectivity index (χ1v) is 7.08. The number of morpholine rings is 1. The minimum atomic E-state index is -0.0286. The summed E-state index contributed by atoms with van der Waals surface area (Å²) in [5.74, 6) is -0.0286. The van der Waals surface area contributed by atoms with Crippen molar-refractivity contribution in [3.63, 3.8) is 0 Å². The van der Waals surface area contributed by atoms with Gasteiger partial charge in [0.15, 0.2) is 0 Å². The van der Waals surface area contributed by atoms with Crippen molar-refractivity contribution < 1.29 is 9.53 Å². The third-order valence-corrected chi connectivity index (χ3v) is 3.46. The molecule has 0 spiro atoms. The molecule has 0 saturated carbocycles. The molecule has 1 heterocycles. The highest BCUT2D eigenvalue weighted by atomic mass is 16.5. The summed E-state index contributed by atoms with van der Waals surface area (Å²) >= 11 is 0. The maximum absolute atomic E-state index is 11.6. The van der Waals surface area contributed by atoms with Crippen molar-refractivity contribution in [2.45, 2.75) is 19.9 Å². The third kappa shape index (κ3) is 4.30. The van der Waals surface area contributed by atoms with E-state index in [2.05, 4.69) is 22.3 Å². The first-order chi connectivity index (χ1) is 9.69. The van der Waals surface area contributed by atoms with Crippen molar-refractivity contribution >= 4 is 11.6 Å². The lowest BCUT2D eigenvalue weighted by Crippen LogP contribution is -2.35. The summed E-state index contributed by atoms with van der Waals surface area (Å²) in [5, 5.41) is 2.93. The molecule has 2 rings (SSSR count). The fourth-order valence-electron chi connectivity index (χ4n) is 2.26. The van der Waals surface area contributed by atoms with Crippen LogP contribution in [0.1, 0.15) is 17.5 Å². The Bertz CT molecular complexity index is 456. The van der Waals surface area contributed by atoms with Crippen LogP contribution in [0.5, 0.6) is 0 Å². The Hall–Kier alpha value is -1.43. The molecule has 0 aromatic heterocycles. The van der Waals surface area contributed by atoms with Crippen molar-refractivity contribution in [2.24, 2.45) is 5.73 Å². The molecule has 5 heteroatoms. The Labute approximate surface area is 120 Å². The summed E-state index contributed by atoms with van der Waals surface area (Å²) in [6, 6.07) is 6.22. The normalized spacial score (nSPS) is 16.1. The van der Waals surface area contributed by atoms with Gasteiger partial charge in [0, 0.05) is 38.3 Å². The number of hydrogen-bond acceptors (Lipinski definition) is 4. The Morgan fingerprint density at radius 1 is 1.40 bits per heavy atom. The van der Waals surface area contributed by atoms with Crippen LogP contribution in [0, 0.1) is 6.92 Å². The number of amides is 1. The lowest BCUT2D eigenvalue weighted by Gasteiger charge is -2.26. The number of hydrogen-bond donors (Lipinski definition) is 2. The summed E-state index contributed by atoms with van der Waals surface area (Å²) in [6.45, 7) is 6.78. The fourth-order valence-corrected chi connectivity index (χ4v) is 2.26. The van der Waals surface area contributed by atoms with Gasteiger partial charge in [-0.25, -0.2) is 0 Å². The maximum atomic E-state index is 11.6. The summed E-state index contributed by atoms with van der Waals surface area (Å²) in [5.41, 5.74) is 8.56. The minimum Gasteiger partial charge on any atom is -0.379 e. The number of rotatable bonds is 5. The number of nitrogens with zero attached hydrogens (tertiary/aromatic N) is 1. The molecule has 0 bridgehead atoms. The molecule has 1 amide bonds. The van der Waals surface area contributed by atoms with Crippen molar-refractivity contribution in [2.75, 3.05) is 38.2 Å². The van der Waals surface area contributed by atoms with Gasteiger partial charge in [0.2, 0.25) is 5.91 Å². The van der Waals surface area contributed by atoms with Crippen LogP contribution in [0.15, 0.2) is 18.2 Å². The predicted molar refractivity (Wildman–Crippen MR) is 79.6 cm³/mol. The zero-order valence-corrected chi connectivity index (χ0v) is 12.0. The van der Waals surface area contributed by atoms with E-state index in [4.69, 9.17) is 10.5 Å². The van der Waals surface area contributed by atoms with E-state index in [0.717, 1.165) is 44.1 Å². The molecule has 0 atom stereocenters. The highest BCUT2D eigenvalue weighted by Crippen LogP contribution is 2.18. The fraction of sp³-hybridized carbons (Fsp3) is 0.533. The van der Waals surface area contributed by atoms with Gasteiger partial charge in [-0.2, -0.15) is 0 Å². The van der Waals surface area contributed by atoms with Gasteiger partial charge in [-0.3, -0.25) is 9.69 Å². The van der Waals surface area contributed by atoms with E-state index in [1.54, 1.807) is 0 Å². The summed E-state index contributed by atoms with van der Waals surface area (Å²) < 4.78 is 5.35. The topological polar surface area (TPSA) is 67.6 Å². The van der Waals surface area contributed by atoms with E-state index in [9.17, 15) is 4.79 Å². The van der Waals surface area contributed by atoms with E-state index in [0.29, 0.717) is 13.0 Å². The molecule has 0 unspecified atom stereocenters. The van der Waals surface area contributed by atoms with Gasteiger partial charge in [-0.05, 0) is 24.1 Å². The van der Waals surface area contributed by atoms with Gasteiger partial charge in [0.1, 0.15) is 0 Å². The summed E-state index contributed by atoms with van der Waals surface area (Å²) in [7, 11) is 0. The molecule has 0 aliphatic carbocycles. The number of benzene rings is 1. The van der Waals surface area contributed by atoms with Crippen LogP contribution < -0.4 is 11.1 Å². The highest BCUT2D eigenvalue weighted by molar-refractivity contribution is 5.91. The molecule has 1 aromatic carbocycles. The Balaban J connectivity index is 2.01. The number of nitrogens with one attached hydrogen (secondary N) is 1.